The van der Waals surface area contributed by atoms with Crippen molar-refractivity contribution in [2.24, 2.45) is 0 Å². The number of aryl methyl sites for hydroxylation is 1. The molecule has 1 unspecified atom stereocenters. The largest absolute Gasteiger partial charge is 0.325 e. The molecule has 2 N–H and O–H groups in total. The predicted octanol–water partition coefficient (Wildman–Crippen LogP) is 6.06. The molecule has 0 spiro atoms. The second kappa shape index (κ2) is 11.8. The third-order valence-corrected chi connectivity index (χ3v) is 6.31. The Kier molecular flexibility index (Phi) is 8.59. The number of benzene rings is 3. The van der Waals surface area contributed by atoms with E-state index in [-0.39, 0.29) is 22.8 Å². The lowest BCUT2D eigenvalue weighted by atomic mass is 10.1. The number of carbonyl (C=O) groups excluding carboxylic acids is 2. The highest BCUT2D eigenvalue weighted by molar-refractivity contribution is 8.00. The molecule has 3 aromatic rings. The van der Waals surface area contributed by atoms with Gasteiger partial charge in [-0.15, -0.1) is 11.8 Å². The molecule has 0 bridgehead atoms. The Morgan fingerprint density at radius 1 is 1.03 bits per heavy atom. The number of nitrogens with zero attached hydrogens (tertiary/aromatic N) is 1. The second-order valence-corrected chi connectivity index (χ2v) is 8.80. The number of amides is 2. The Bertz CT molecular complexity index is 1210. The molecule has 34 heavy (non-hydrogen) atoms. The Hall–Kier alpha value is -3.91. The van der Waals surface area contributed by atoms with E-state index in [4.69, 9.17) is 0 Å². The van der Waals surface area contributed by atoms with Crippen molar-refractivity contribution in [2.45, 2.75) is 30.4 Å². The number of nitro benzene ring substituents is 1. The zero-order valence-electron chi connectivity index (χ0n) is 18.9. The fourth-order valence-electron chi connectivity index (χ4n) is 3.17. The second-order valence-electron chi connectivity index (χ2n) is 7.52. The number of nitro groups is 1. The molecule has 8 heteroatoms. The van der Waals surface area contributed by atoms with Gasteiger partial charge >= 0.3 is 0 Å². The highest BCUT2D eigenvalue weighted by Gasteiger charge is 2.19. The number of hydrogen-bond donors (Lipinski definition) is 2. The molecular formula is C26H25N3O4S. The lowest BCUT2D eigenvalue weighted by Gasteiger charge is -2.16. The van der Waals surface area contributed by atoms with E-state index in [9.17, 15) is 19.7 Å². The number of non-ortho nitro benzene ring substituents is 1. The van der Waals surface area contributed by atoms with Crippen LogP contribution < -0.4 is 10.6 Å². The first kappa shape index (κ1) is 24.7. The first-order valence-electron chi connectivity index (χ1n) is 10.7. The van der Waals surface area contributed by atoms with Gasteiger partial charge in [-0.2, -0.15) is 0 Å². The van der Waals surface area contributed by atoms with E-state index in [0.29, 0.717) is 23.4 Å². The van der Waals surface area contributed by atoms with E-state index in [1.165, 1.54) is 30.0 Å². The molecule has 0 saturated heterocycles. The highest BCUT2D eigenvalue weighted by Crippen LogP contribution is 2.29. The normalized spacial score (nSPS) is 11.7. The van der Waals surface area contributed by atoms with Gasteiger partial charge in [-0.3, -0.25) is 19.7 Å². The minimum absolute atomic E-state index is 0.0191. The van der Waals surface area contributed by atoms with Crippen LogP contribution in [0.25, 0.3) is 6.08 Å². The third kappa shape index (κ3) is 7.05. The van der Waals surface area contributed by atoms with Gasteiger partial charge in [-0.05, 0) is 54.8 Å². The van der Waals surface area contributed by atoms with Gasteiger partial charge in [0.25, 0.3) is 5.69 Å². The van der Waals surface area contributed by atoms with Crippen molar-refractivity contribution >= 4 is 46.7 Å². The molecule has 0 radical (unpaired) electrons. The molecule has 174 valence electrons. The van der Waals surface area contributed by atoms with E-state index in [1.54, 1.807) is 25.1 Å². The Morgan fingerprint density at radius 3 is 2.47 bits per heavy atom. The molecule has 2 amide bonds. The van der Waals surface area contributed by atoms with Crippen LogP contribution in [0, 0.1) is 17.0 Å². The Morgan fingerprint density at radius 2 is 1.79 bits per heavy atom. The summed E-state index contributed by atoms with van der Waals surface area (Å²) in [6, 6.07) is 21.2. The fraction of sp³-hybridized carbons (Fsp3) is 0.154. The van der Waals surface area contributed by atoms with Crippen molar-refractivity contribution < 1.29 is 14.5 Å². The molecule has 0 saturated carbocycles. The maximum atomic E-state index is 12.9. The maximum absolute atomic E-state index is 12.9. The molecule has 1 atom stereocenters. The molecule has 0 aliphatic carbocycles. The van der Waals surface area contributed by atoms with Crippen LogP contribution in [0.3, 0.4) is 0 Å². The first-order valence-corrected chi connectivity index (χ1v) is 11.6. The van der Waals surface area contributed by atoms with Gasteiger partial charge in [0.15, 0.2) is 0 Å². The molecule has 3 aromatic carbocycles. The molecule has 0 aromatic heterocycles. The smallest absolute Gasteiger partial charge is 0.269 e. The number of hydrogen-bond acceptors (Lipinski definition) is 5. The van der Waals surface area contributed by atoms with Crippen molar-refractivity contribution in [1.82, 2.24) is 0 Å². The molecule has 7 nitrogen and oxygen atoms in total. The van der Waals surface area contributed by atoms with Crippen molar-refractivity contribution in [3.05, 3.63) is 100 Å². The highest BCUT2D eigenvalue weighted by atomic mass is 32.2. The van der Waals surface area contributed by atoms with Gasteiger partial charge in [0.2, 0.25) is 11.8 Å². The molecule has 0 heterocycles. The lowest BCUT2D eigenvalue weighted by molar-refractivity contribution is -0.384. The van der Waals surface area contributed by atoms with Crippen molar-refractivity contribution in [2.75, 3.05) is 10.6 Å². The van der Waals surface area contributed by atoms with Gasteiger partial charge in [-0.25, -0.2) is 0 Å². The monoisotopic (exact) mass is 475 g/mol. The summed E-state index contributed by atoms with van der Waals surface area (Å²) in [5.74, 6) is -0.436. The van der Waals surface area contributed by atoms with Gasteiger partial charge in [0.1, 0.15) is 0 Å². The summed E-state index contributed by atoms with van der Waals surface area (Å²) in [7, 11) is 0. The average molecular weight is 476 g/mol. The van der Waals surface area contributed by atoms with Gasteiger partial charge in [0, 0.05) is 34.5 Å². The standard InChI is InChI=1S/C26H25N3O4S/c1-3-24(26(31)28-23-14-13-21(29(32)33)16-18(23)2)34-22-11-7-10-20(17-22)27-25(30)15-12-19-8-5-4-6-9-19/h4-17,24H,3H2,1-2H3,(H,27,30)(H,28,31)/b15-12+. The molecule has 0 aliphatic rings. The van der Waals surface area contributed by atoms with Gasteiger partial charge in [-0.1, -0.05) is 43.3 Å². The number of thioether (sulfide) groups is 1. The van der Waals surface area contributed by atoms with E-state index >= 15 is 0 Å². The summed E-state index contributed by atoms with van der Waals surface area (Å²) in [6.07, 6.45) is 3.80. The van der Waals surface area contributed by atoms with Crippen molar-refractivity contribution in [3.63, 3.8) is 0 Å². The summed E-state index contributed by atoms with van der Waals surface area (Å²) in [4.78, 5) is 36.4. The number of carbonyl (C=O) groups is 2. The van der Waals surface area contributed by atoms with Gasteiger partial charge in [0.05, 0.1) is 10.2 Å². The van der Waals surface area contributed by atoms with Crippen LogP contribution in [-0.2, 0) is 9.59 Å². The van der Waals surface area contributed by atoms with E-state index in [0.717, 1.165) is 10.5 Å². The van der Waals surface area contributed by atoms with Crippen molar-refractivity contribution in [1.29, 1.82) is 0 Å². The molecule has 3 rings (SSSR count). The SMILES string of the molecule is CCC(Sc1cccc(NC(=O)/C=C/c2ccccc2)c1)C(=O)Nc1ccc([N+](=O)[O-])cc1C. The van der Waals surface area contributed by atoms with Crippen LogP contribution in [0.1, 0.15) is 24.5 Å². The average Bonchev–Trinajstić information content (AvgIpc) is 2.83. The fourth-order valence-corrected chi connectivity index (χ4v) is 4.18. The lowest BCUT2D eigenvalue weighted by Crippen LogP contribution is -2.25. The van der Waals surface area contributed by atoms with Crippen LogP contribution in [0.15, 0.2) is 83.8 Å². The molecular weight excluding hydrogens is 450 g/mol. The zero-order valence-corrected chi connectivity index (χ0v) is 19.7. The summed E-state index contributed by atoms with van der Waals surface area (Å²) in [5, 5.41) is 16.3. The van der Waals surface area contributed by atoms with Gasteiger partial charge < -0.3 is 10.6 Å². The van der Waals surface area contributed by atoms with Crippen LogP contribution in [0.2, 0.25) is 0 Å². The number of nitrogens with one attached hydrogen (secondary N) is 2. The minimum Gasteiger partial charge on any atom is -0.325 e. The summed E-state index contributed by atoms with van der Waals surface area (Å²) in [5.41, 5.74) is 2.71. The summed E-state index contributed by atoms with van der Waals surface area (Å²) < 4.78 is 0. The zero-order chi connectivity index (χ0) is 24.5. The molecule has 0 aliphatic heterocycles. The van der Waals surface area contributed by atoms with E-state index in [1.807, 2.05) is 55.5 Å². The molecule has 0 fully saturated rings. The third-order valence-electron chi connectivity index (χ3n) is 4.95. The van der Waals surface area contributed by atoms with E-state index in [2.05, 4.69) is 10.6 Å². The quantitative estimate of drug-likeness (QED) is 0.169. The summed E-state index contributed by atoms with van der Waals surface area (Å²) in [6.45, 7) is 3.63. The number of anilines is 2. The predicted molar refractivity (Wildman–Crippen MR) is 137 cm³/mol. The van der Waals surface area contributed by atoms with E-state index < -0.39 is 4.92 Å². The van der Waals surface area contributed by atoms with Crippen LogP contribution >= 0.6 is 11.8 Å². The summed E-state index contributed by atoms with van der Waals surface area (Å²) >= 11 is 1.39. The Balaban J connectivity index is 1.63. The van der Waals surface area contributed by atoms with Crippen LogP contribution in [0.4, 0.5) is 17.1 Å². The van der Waals surface area contributed by atoms with Crippen LogP contribution in [0.5, 0.6) is 0 Å². The number of rotatable bonds is 9. The topological polar surface area (TPSA) is 101 Å². The van der Waals surface area contributed by atoms with Crippen LogP contribution in [-0.4, -0.2) is 22.0 Å². The Labute approximate surface area is 202 Å². The minimum atomic E-state index is -0.466. The first-order chi connectivity index (χ1) is 16.4. The van der Waals surface area contributed by atoms with Crippen molar-refractivity contribution in [3.8, 4) is 0 Å². The maximum Gasteiger partial charge on any atom is 0.269 e.